The van der Waals surface area contributed by atoms with Gasteiger partial charge in [-0.15, -0.1) is 0 Å². The van der Waals surface area contributed by atoms with Crippen molar-refractivity contribution in [2.45, 2.75) is 38.2 Å². The monoisotopic (exact) mass is 249 g/mol. The van der Waals surface area contributed by atoms with Crippen LogP contribution in [0.2, 0.25) is 0 Å². The molecule has 0 aliphatic heterocycles. The van der Waals surface area contributed by atoms with Crippen molar-refractivity contribution in [3.63, 3.8) is 0 Å². The molecule has 1 fully saturated rings. The first-order valence-electron chi connectivity index (χ1n) is 6.88. The van der Waals surface area contributed by atoms with Crippen molar-refractivity contribution in [2.75, 3.05) is 13.2 Å². The summed E-state index contributed by atoms with van der Waals surface area (Å²) in [5, 5.41) is 9.54. The molecule has 18 heavy (non-hydrogen) atoms. The second-order valence-corrected chi connectivity index (χ2v) is 5.20. The van der Waals surface area contributed by atoms with Crippen LogP contribution in [0.5, 0.6) is 5.75 Å². The Morgan fingerprint density at radius 2 is 2.11 bits per heavy atom. The van der Waals surface area contributed by atoms with E-state index in [-0.39, 0.29) is 0 Å². The van der Waals surface area contributed by atoms with Crippen LogP contribution < -0.4 is 10.5 Å². The van der Waals surface area contributed by atoms with Crippen molar-refractivity contribution in [3.05, 3.63) is 29.8 Å². The van der Waals surface area contributed by atoms with Crippen molar-refractivity contribution in [3.8, 4) is 5.75 Å². The molecule has 3 heteroatoms. The zero-order valence-electron chi connectivity index (χ0n) is 10.8. The Morgan fingerprint density at radius 1 is 1.33 bits per heavy atom. The molecule has 0 aromatic heterocycles. The van der Waals surface area contributed by atoms with Gasteiger partial charge in [-0.2, -0.15) is 0 Å². The van der Waals surface area contributed by atoms with Gasteiger partial charge >= 0.3 is 0 Å². The number of hydrogen-bond acceptors (Lipinski definition) is 3. The van der Waals surface area contributed by atoms with Gasteiger partial charge in [0, 0.05) is 6.54 Å². The highest BCUT2D eigenvalue weighted by Gasteiger charge is 2.15. The van der Waals surface area contributed by atoms with E-state index in [9.17, 15) is 5.11 Å². The molecule has 0 spiro atoms. The minimum absolute atomic E-state index is 0.299. The molecule has 0 unspecified atom stereocenters. The van der Waals surface area contributed by atoms with Gasteiger partial charge in [0.2, 0.25) is 0 Å². The van der Waals surface area contributed by atoms with Crippen LogP contribution in [-0.2, 0) is 6.42 Å². The van der Waals surface area contributed by atoms with Crippen LogP contribution in [0, 0.1) is 5.92 Å². The lowest BCUT2D eigenvalue weighted by molar-refractivity contribution is 0.183. The lowest BCUT2D eigenvalue weighted by Crippen LogP contribution is -2.21. The van der Waals surface area contributed by atoms with Crippen molar-refractivity contribution >= 4 is 0 Å². The smallest absolute Gasteiger partial charge is 0.119 e. The predicted octanol–water partition coefficient (Wildman–Crippen LogP) is 2.12. The Kier molecular flexibility index (Phi) is 5.02. The van der Waals surface area contributed by atoms with Gasteiger partial charge in [0.15, 0.2) is 0 Å². The zero-order valence-corrected chi connectivity index (χ0v) is 10.8. The van der Waals surface area contributed by atoms with E-state index in [2.05, 4.69) is 0 Å². The Hall–Kier alpha value is -1.06. The molecule has 0 amide bonds. The molecular weight excluding hydrogens is 226 g/mol. The van der Waals surface area contributed by atoms with Gasteiger partial charge in [0.05, 0.1) is 12.7 Å². The van der Waals surface area contributed by atoms with Crippen LogP contribution in [0.15, 0.2) is 24.3 Å². The van der Waals surface area contributed by atoms with E-state index in [4.69, 9.17) is 10.5 Å². The van der Waals surface area contributed by atoms with Gasteiger partial charge in [0.1, 0.15) is 5.75 Å². The molecular formula is C15H23NO2. The average molecular weight is 249 g/mol. The maximum atomic E-state index is 9.54. The van der Waals surface area contributed by atoms with Gasteiger partial charge in [0.25, 0.3) is 0 Å². The van der Waals surface area contributed by atoms with Crippen LogP contribution in [0.1, 0.15) is 31.2 Å². The summed E-state index contributed by atoms with van der Waals surface area (Å²) in [4.78, 5) is 0. The molecule has 1 atom stereocenters. The molecule has 1 aromatic carbocycles. The summed E-state index contributed by atoms with van der Waals surface area (Å²) in [6.45, 7) is 1.12. The number of aliphatic hydroxyl groups is 1. The summed E-state index contributed by atoms with van der Waals surface area (Å²) in [6, 6.07) is 7.96. The van der Waals surface area contributed by atoms with Gasteiger partial charge in [-0.1, -0.05) is 25.0 Å². The van der Waals surface area contributed by atoms with Crippen molar-refractivity contribution < 1.29 is 9.84 Å². The number of ether oxygens (including phenoxy) is 1. The quantitative estimate of drug-likeness (QED) is 0.812. The minimum atomic E-state index is -0.463. The van der Waals surface area contributed by atoms with Crippen LogP contribution in [-0.4, -0.2) is 24.4 Å². The van der Waals surface area contributed by atoms with Crippen molar-refractivity contribution in [1.82, 2.24) is 0 Å². The van der Waals surface area contributed by atoms with E-state index < -0.39 is 6.10 Å². The highest BCUT2D eigenvalue weighted by atomic mass is 16.5. The molecule has 3 N–H and O–H groups in total. The molecule has 1 aliphatic rings. The largest absolute Gasteiger partial charge is 0.493 e. The van der Waals surface area contributed by atoms with Gasteiger partial charge in [-0.3, -0.25) is 0 Å². The third kappa shape index (κ3) is 4.00. The SMILES string of the molecule is NC[C@H](O)Cc1cccc(OCC2CCCC2)c1. The Morgan fingerprint density at radius 3 is 2.83 bits per heavy atom. The van der Waals surface area contributed by atoms with Crippen LogP contribution in [0.3, 0.4) is 0 Å². The Balaban J connectivity index is 1.86. The summed E-state index contributed by atoms with van der Waals surface area (Å²) in [5.41, 5.74) is 6.50. The second-order valence-electron chi connectivity index (χ2n) is 5.20. The highest BCUT2D eigenvalue weighted by Crippen LogP contribution is 2.25. The molecule has 0 heterocycles. The highest BCUT2D eigenvalue weighted by molar-refractivity contribution is 5.29. The van der Waals surface area contributed by atoms with Gasteiger partial charge in [-0.25, -0.2) is 0 Å². The lowest BCUT2D eigenvalue weighted by Gasteiger charge is -2.13. The maximum Gasteiger partial charge on any atom is 0.119 e. The third-order valence-corrected chi connectivity index (χ3v) is 3.60. The number of benzene rings is 1. The van der Waals surface area contributed by atoms with Crippen LogP contribution >= 0.6 is 0 Å². The summed E-state index contributed by atoms with van der Waals surface area (Å²) in [6.07, 6.45) is 5.41. The topological polar surface area (TPSA) is 55.5 Å². The molecule has 3 nitrogen and oxygen atoms in total. The zero-order chi connectivity index (χ0) is 12.8. The van der Waals surface area contributed by atoms with E-state index in [1.54, 1.807) is 0 Å². The number of rotatable bonds is 6. The lowest BCUT2D eigenvalue weighted by atomic mass is 10.1. The fraction of sp³-hybridized carbons (Fsp3) is 0.600. The van der Waals surface area contributed by atoms with E-state index in [1.807, 2.05) is 24.3 Å². The van der Waals surface area contributed by atoms with Crippen molar-refractivity contribution in [1.29, 1.82) is 0 Å². The fourth-order valence-electron chi connectivity index (χ4n) is 2.51. The molecule has 1 aromatic rings. The maximum absolute atomic E-state index is 9.54. The molecule has 2 rings (SSSR count). The molecule has 1 aliphatic carbocycles. The molecule has 0 saturated heterocycles. The summed E-state index contributed by atoms with van der Waals surface area (Å²) < 4.78 is 5.83. The van der Waals surface area contributed by atoms with Gasteiger partial charge in [-0.05, 0) is 42.9 Å². The first-order valence-corrected chi connectivity index (χ1v) is 6.88. The molecule has 0 bridgehead atoms. The molecule has 1 saturated carbocycles. The van der Waals surface area contributed by atoms with Crippen LogP contribution in [0.4, 0.5) is 0 Å². The first-order chi connectivity index (χ1) is 8.78. The third-order valence-electron chi connectivity index (χ3n) is 3.60. The predicted molar refractivity (Wildman–Crippen MR) is 72.7 cm³/mol. The Labute approximate surface area is 109 Å². The first kappa shape index (κ1) is 13.4. The second kappa shape index (κ2) is 6.76. The summed E-state index contributed by atoms with van der Waals surface area (Å²) in [7, 11) is 0. The standard InChI is InChI=1S/C15H23NO2/c16-10-14(17)8-13-6-3-7-15(9-13)18-11-12-4-1-2-5-12/h3,6-7,9,12,14,17H,1-2,4-5,8,10-11,16H2/t14-/m1/s1. The number of aliphatic hydroxyl groups excluding tert-OH is 1. The van der Waals surface area contributed by atoms with E-state index in [0.29, 0.717) is 13.0 Å². The van der Waals surface area contributed by atoms with Crippen LogP contribution in [0.25, 0.3) is 0 Å². The summed E-state index contributed by atoms with van der Waals surface area (Å²) in [5.74, 6) is 1.63. The van der Waals surface area contributed by atoms with E-state index in [0.717, 1.165) is 23.8 Å². The normalized spacial score (nSPS) is 17.9. The fourth-order valence-corrected chi connectivity index (χ4v) is 2.51. The van der Waals surface area contributed by atoms with Gasteiger partial charge < -0.3 is 15.6 Å². The Bertz CT molecular complexity index is 361. The van der Waals surface area contributed by atoms with E-state index >= 15 is 0 Å². The number of nitrogens with two attached hydrogens (primary N) is 1. The molecule has 100 valence electrons. The van der Waals surface area contributed by atoms with E-state index in [1.165, 1.54) is 25.7 Å². The van der Waals surface area contributed by atoms with Crippen molar-refractivity contribution in [2.24, 2.45) is 11.7 Å². The molecule has 0 radical (unpaired) electrons. The minimum Gasteiger partial charge on any atom is -0.493 e. The number of hydrogen-bond donors (Lipinski definition) is 2. The average Bonchev–Trinajstić information content (AvgIpc) is 2.90. The summed E-state index contributed by atoms with van der Waals surface area (Å²) >= 11 is 0.